The van der Waals surface area contributed by atoms with E-state index in [1.54, 1.807) is 11.0 Å². The zero-order valence-electron chi connectivity index (χ0n) is 15.1. The largest absolute Gasteiger partial charge is 0.342 e. The second-order valence-corrected chi connectivity index (χ2v) is 6.76. The number of hydrogen-bond acceptors (Lipinski definition) is 6. The molecule has 8 heteroatoms. The first-order chi connectivity index (χ1) is 13.3. The zero-order chi connectivity index (χ0) is 18.5. The van der Waals surface area contributed by atoms with Gasteiger partial charge < -0.3 is 9.42 Å². The summed E-state index contributed by atoms with van der Waals surface area (Å²) in [4.78, 5) is 22.9. The fourth-order valence-electron chi connectivity index (χ4n) is 3.41. The standard InChI is InChI=1S/C19H22N6O2/c26-17(9-5-11-25-14-20-13-21-25)24-10-4-8-16(12-24)19-22-18(23-27-19)15-6-2-1-3-7-15/h1-3,6-7,13-14,16H,4-5,8-12H2/t16-/m1/s1. The molecule has 1 saturated heterocycles. The molecule has 2 aromatic heterocycles. The molecule has 27 heavy (non-hydrogen) atoms. The van der Waals surface area contributed by atoms with Crippen LogP contribution in [0.3, 0.4) is 0 Å². The number of hydrogen-bond donors (Lipinski definition) is 0. The molecule has 1 aliphatic rings. The van der Waals surface area contributed by atoms with Gasteiger partial charge in [0.2, 0.25) is 17.6 Å². The summed E-state index contributed by atoms with van der Waals surface area (Å²) in [5.74, 6) is 1.49. The van der Waals surface area contributed by atoms with Crippen molar-refractivity contribution < 1.29 is 9.32 Å². The van der Waals surface area contributed by atoms with E-state index in [1.807, 2.05) is 35.2 Å². The Hall–Kier alpha value is -3.03. The Morgan fingerprint density at radius 2 is 2.15 bits per heavy atom. The van der Waals surface area contributed by atoms with Crippen molar-refractivity contribution in [2.75, 3.05) is 13.1 Å². The summed E-state index contributed by atoms with van der Waals surface area (Å²) in [7, 11) is 0. The Kier molecular flexibility index (Phi) is 5.22. The van der Waals surface area contributed by atoms with Crippen molar-refractivity contribution in [3.8, 4) is 11.4 Å². The van der Waals surface area contributed by atoms with E-state index in [0.717, 1.165) is 31.4 Å². The third-order valence-corrected chi connectivity index (χ3v) is 4.84. The second kappa shape index (κ2) is 8.11. The minimum Gasteiger partial charge on any atom is -0.342 e. The maximum Gasteiger partial charge on any atom is 0.231 e. The molecule has 0 unspecified atom stereocenters. The molecule has 0 bridgehead atoms. The summed E-state index contributed by atoms with van der Waals surface area (Å²) < 4.78 is 7.24. The van der Waals surface area contributed by atoms with Crippen molar-refractivity contribution in [3.05, 3.63) is 48.9 Å². The lowest BCUT2D eigenvalue weighted by atomic mass is 9.97. The van der Waals surface area contributed by atoms with Gasteiger partial charge in [0.25, 0.3) is 0 Å². The summed E-state index contributed by atoms with van der Waals surface area (Å²) in [6, 6.07) is 9.77. The third-order valence-electron chi connectivity index (χ3n) is 4.84. The van der Waals surface area contributed by atoms with Crippen LogP contribution in [0.25, 0.3) is 11.4 Å². The Morgan fingerprint density at radius 1 is 1.26 bits per heavy atom. The van der Waals surface area contributed by atoms with E-state index in [2.05, 4.69) is 20.2 Å². The average Bonchev–Trinajstić information content (AvgIpc) is 3.41. The molecule has 0 N–H and O–H groups in total. The predicted octanol–water partition coefficient (Wildman–Crippen LogP) is 2.51. The van der Waals surface area contributed by atoms with Gasteiger partial charge in [0.1, 0.15) is 12.7 Å². The third kappa shape index (κ3) is 4.21. The molecule has 4 rings (SSSR count). The number of benzene rings is 1. The lowest BCUT2D eigenvalue weighted by molar-refractivity contribution is -0.132. The summed E-state index contributed by atoms with van der Waals surface area (Å²) in [5.41, 5.74) is 0.935. The number of amides is 1. The summed E-state index contributed by atoms with van der Waals surface area (Å²) in [5, 5.41) is 8.16. The average molecular weight is 366 g/mol. The number of aromatic nitrogens is 5. The van der Waals surface area contributed by atoms with Crippen LogP contribution in [0.1, 0.15) is 37.5 Å². The van der Waals surface area contributed by atoms with Crippen LogP contribution in [-0.2, 0) is 11.3 Å². The normalized spacial score (nSPS) is 17.2. The summed E-state index contributed by atoms with van der Waals surface area (Å²) in [6.45, 7) is 2.13. The van der Waals surface area contributed by atoms with E-state index >= 15 is 0 Å². The minimum atomic E-state index is 0.1000. The van der Waals surface area contributed by atoms with Gasteiger partial charge in [-0.1, -0.05) is 35.5 Å². The highest BCUT2D eigenvalue weighted by Gasteiger charge is 2.28. The Morgan fingerprint density at radius 3 is 2.96 bits per heavy atom. The molecular weight excluding hydrogens is 344 g/mol. The number of piperidine rings is 1. The number of carbonyl (C=O) groups excluding carboxylic acids is 1. The van der Waals surface area contributed by atoms with Crippen LogP contribution in [0.4, 0.5) is 0 Å². The molecule has 3 heterocycles. The quantitative estimate of drug-likeness (QED) is 0.666. The van der Waals surface area contributed by atoms with Crippen LogP contribution in [-0.4, -0.2) is 48.8 Å². The molecule has 1 fully saturated rings. The van der Waals surface area contributed by atoms with Gasteiger partial charge in [0.15, 0.2) is 0 Å². The highest BCUT2D eigenvalue weighted by Crippen LogP contribution is 2.28. The molecular formula is C19H22N6O2. The van der Waals surface area contributed by atoms with E-state index in [4.69, 9.17) is 4.52 Å². The van der Waals surface area contributed by atoms with Crippen molar-refractivity contribution in [3.63, 3.8) is 0 Å². The monoisotopic (exact) mass is 366 g/mol. The fourth-order valence-corrected chi connectivity index (χ4v) is 3.41. The molecule has 0 radical (unpaired) electrons. The van der Waals surface area contributed by atoms with Gasteiger partial charge in [0.05, 0.1) is 5.92 Å². The smallest absolute Gasteiger partial charge is 0.231 e. The van der Waals surface area contributed by atoms with Crippen molar-refractivity contribution in [2.24, 2.45) is 0 Å². The van der Waals surface area contributed by atoms with Gasteiger partial charge in [-0.3, -0.25) is 9.48 Å². The van der Waals surface area contributed by atoms with Crippen molar-refractivity contribution in [1.82, 2.24) is 29.8 Å². The first-order valence-corrected chi connectivity index (χ1v) is 9.29. The topological polar surface area (TPSA) is 89.9 Å². The second-order valence-electron chi connectivity index (χ2n) is 6.76. The molecule has 1 aliphatic heterocycles. The molecule has 1 aromatic carbocycles. The number of rotatable bonds is 6. The predicted molar refractivity (Wildman–Crippen MR) is 97.5 cm³/mol. The van der Waals surface area contributed by atoms with Crippen LogP contribution in [0.2, 0.25) is 0 Å². The van der Waals surface area contributed by atoms with Crippen LogP contribution >= 0.6 is 0 Å². The van der Waals surface area contributed by atoms with Gasteiger partial charge in [-0.15, -0.1) is 0 Å². The number of nitrogens with zero attached hydrogens (tertiary/aromatic N) is 6. The van der Waals surface area contributed by atoms with E-state index in [-0.39, 0.29) is 11.8 Å². The van der Waals surface area contributed by atoms with E-state index < -0.39 is 0 Å². The van der Waals surface area contributed by atoms with Crippen LogP contribution in [0, 0.1) is 0 Å². The van der Waals surface area contributed by atoms with E-state index in [0.29, 0.717) is 31.2 Å². The Bertz CT molecular complexity index is 861. The molecule has 1 atom stereocenters. The Balaban J connectivity index is 1.34. The SMILES string of the molecule is O=C(CCCn1cncn1)N1CCC[C@@H](c2nc(-c3ccccc3)no2)C1. The molecule has 8 nitrogen and oxygen atoms in total. The molecule has 0 aliphatic carbocycles. The van der Waals surface area contributed by atoms with E-state index in [1.165, 1.54) is 6.33 Å². The number of likely N-dealkylation sites (tertiary alicyclic amines) is 1. The lowest BCUT2D eigenvalue weighted by Crippen LogP contribution is -2.39. The summed E-state index contributed by atoms with van der Waals surface area (Å²) >= 11 is 0. The fraction of sp³-hybridized carbons (Fsp3) is 0.421. The first kappa shape index (κ1) is 17.4. The minimum absolute atomic E-state index is 0.1000. The van der Waals surface area contributed by atoms with Crippen LogP contribution in [0.5, 0.6) is 0 Å². The van der Waals surface area contributed by atoms with Crippen molar-refractivity contribution in [2.45, 2.75) is 38.1 Å². The molecule has 140 valence electrons. The summed E-state index contributed by atoms with van der Waals surface area (Å²) in [6.07, 6.45) is 6.34. The van der Waals surface area contributed by atoms with Gasteiger partial charge in [0, 0.05) is 31.6 Å². The number of aryl methyl sites for hydroxylation is 1. The van der Waals surface area contributed by atoms with Gasteiger partial charge in [-0.05, 0) is 19.3 Å². The highest BCUT2D eigenvalue weighted by atomic mass is 16.5. The lowest BCUT2D eigenvalue weighted by Gasteiger charge is -2.31. The molecule has 3 aromatic rings. The van der Waals surface area contributed by atoms with E-state index in [9.17, 15) is 4.79 Å². The zero-order valence-corrected chi connectivity index (χ0v) is 15.1. The molecule has 0 spiro atoms. The first-order valence-electron chi connectivity index (χ1n) is 9.29. The molecule has 1 amide bonds. The molecule has 0 saturated carbocycles. The van der Waals surface area contributed by atoms with Crippen molar-refractivity contribution >= 4 is 5.91 Å². The maximum atomic E-state index is 12.5. The van der Waals surface area contributed by atoms with Gasteiger partial charge >= 0.3 is 0 Å². The Labute approximate surface area is 157 Å². The van der Waals surface area contributed by atoms with Crippen LogP contribution in [0.15, 0.2) is 47.5 Å². The highest BCUT2D eigenvalue weighted by molar-refractivity contribution is 5.76. The van der Waals surface area contributed by atoms with Gasteiger partial charge in [-0.2, -0.15) is 10.1 Å². The van der Waals surface area contributed by atoms with Gasteiger partial charge in [-0.25, -0.2) is 4.98 Å². The van der Waals surface area contributed by atoms with Crippen LogP contribution < -0.4 is 0 Å². The maximum absolute atomic E-state index is 12.5. The number of carbonyl (C=O) groups is 1. The van der Waals surface area contributed by atoms with Crippen molar-refractivity contribution in [1.29, 1.82) is 0 Å².